The fourth-order valence-corrected chi connectivity index (χ4v) is 28.7. The fourth-order valence-electron chi connectivity index (χ4n) is 10.1. The summed E-state index contributed by atoms with van der Waals surface area (Å²) in [7, 11) is 0. The van der Waals surface area contributed by atoms with Gasteiger partial charge in [-0.15, -0.1) is 0 Å². The Morgan fingerprint density at radius 3 is 1.24 bits per heavy atom. The van der Waals surface area contributed by atoms with Crippen molar-refractivity contribution >= 4 is 30.3 Å². The molecule has 0 spiro atoms. The van der Waals surface area contributed by atoms with E-state index in [-0.39, 0.29) is 11.9 Å². The van der Waals surface area contributed by atoms with Crippen LogP contribution < -0.4 is 0 Å². The van der Waals surface area contributed by atoms with Crippen molar-refractivity contribution in [1.29, 1.82) is 0 Å². The van der Waals surface area contributed by atoms with E-state index in [1.54, 1.807) is 0 Å². The Kier molecular flexibility index (Phi) is 14.3. The van der Waals surface area contributed by atoms with Gasteiger partial charge in [0.05, 0.1) is 0 Å². The molecule has 0 amide bonds. The van der Waals surface area contributed by atoms with E-state index in [1.807, 2.05) is 142 Å². The zero-order valence-corrected chi connectivity index (χ0v) is 38.9. The summed E-state index contributed by atoms with van der Waals surface area (Å²) in [4.78, 5) is 31.2. The van der Waals surface area contributed by atoms with E-state index in [9.17, 15) is 0 Å². The van der Waals surface area contributed by atoms with Gasteiger partial charge >= 0.3 is 354 Å². The number of cyclic esters (lactones) is 2. The van der Waals surface area contributed by atoms with Gasteiger partial charge in [-0.3, -0.25) is 0 Å². The van der Waals surface area contributed by atoms with Crippen LogP contribution in [0.3, 0.4) is 0 Å². The van der Waals surface area contributed by atoms with Crippen LogP contribution in [0.2, 0.25) is 17.7 Å². The third-order valence-corrected chi connectivity index (χ3v) is 29.3. The second-order valence-electron chi connectivity index (χ2n) is 17.9. The fraction of sp³-hybridized carbons (Fsp3) is 0.490. The van der Waals surface area contributed by atoms with Gasteiger partial charge in [0.15, 0.2) is 0 Å². The van der Waals surface area contributed by atoms with E-state index >= 15 is 9.59 Å². The number of hydrogen-bond donors (Lipinski definition) is 0. The molecule has 2 heterocycles. The maximum absolute atomic E-state index is 16.0. The molecule has 0 aromatic heterocycles. The molecule has 310 valence electrons. The average molecular weight is 894 g/mol. The summed E-state index contributed by atoms with van der Waals surface area (Å²) in [6, 6.07) is 39.8. The molecule has 0 bridgehead atoms. The Balaban J connectivity index is 1.69. The van der Waals surface area contributed by atoms with Crippen molar-refractivity contribution in [2.45, 2.75) is 140 Å². The molecule has 2 fully saturated rings. The minimum absolute atomic E-state index is 0.288. The zero-order chi connectivity index (χ0) is 41.4. The number of carbonyl (C=O) groups excluding carboxylic acids is 2. The molecule has 6 rings (SSSR count). The number of fused-ring (bicyclic) bond motifs is 1. The van der Waals surface area contributed by atoms with Crippen LogP contribution in [0.4, 0.5) is 0 Å². The second-order valence-corrected chi connectivity index (χ2v) is 31.7. The van der Waals surface area contributed by atoms with Crippen molar-refractivity contribution in [2.75, 3.05) is 0 Å². The van der Waals surface area contributed by atoms with Gasteiger partial charge in [-0.2, -0.15) is 0 Å². The first-order chi connectivity index (χ1) is 27.9. The molecule has 6 nitrogen and oxygen atoms in total. The molecule has 0 saturated carbocycles. The van der Waals surface area contributed by atoms with Crippen LogP contribution in [0, 0.1) is 11.3 Å². The van der Waals surface area contributed by atoms with Gasteiger partial charge in [-0.1, -0.05) is 0 Å². The molecule has 7 heteroatoms. The third-order valence-electron chi connectivity index (χ3n) is 12.8. The second kappa shape index (κ2) is 18.9. The average Bonchev–Trinajstić information content (AvgIpc) is 3.58. The molecule has 0 aliphatic carbocycles. The van der Waals surface area contributed by atoms with Crippen LogP contribution in [-0.2, 0) is 39.7 Å². The molecule has 0 radical (unpaired) electrons. The van der Waals surface area contributed by atoms with Gasteiger partial charge in [0, 0.05) is 0 Å². The molecule has 58 heavy (non-hydrogen) atoms. The normalized spacial score (nSPS) is 24.2. The first-order valence-corrected chi connectivity index (χ1v) is 30.0. The van der Waals surface area contributed by atoms with Crippen LogP contribution in [0.5, 0.6) is 0 Å². The monoisotopic (exact) mass is 894 g/mol. The third kappa shape index (κ3) is 9.00. The summed E-state index contributed by atoms with van der Waals surface area (Å²) in [5.74, 6) is -2.44. The Morgan fingerprint density at radius 2 is 0.897 bits per heavy atom. The maximum atomic E-state index is 16.0. The minimum atomic E-state index is -3.11. The van der Waals surface area contributed by atoms with Crippen molar-refractivity contribution in [3.8, 4) is 0 Å². The summed E-state index contributed by atoms with van der Waals surface area (Å²) in [5, 5.41) is 0. The predicted octanol–water partition coefficient (Wildman–Crippen LogP) is 12.4. The van der Waals surface area contributed by atoms with Gasteiger partial charge in [-0.05, 0) is 0 Å². The molecule has 2 unspecified atom stereocenters. The SMILES string of the molecule is CCC[CH2][Sn]([CH2]CCC)([CH2]CCC)[CH2]C1(C)CC(C)C(=O)OC(c2ccccc2)(c2ccccc2)[C@@H]2OC(C)(C)O[C@H]2C(c2ccccc2)(c2ccccc2)OC1=O. The van der Waals surface area contributed by atoms with Crippen molar-refractivity contribution in [3.05, 3.63) is 144 Å². The predicted molar refractivity (Wildman–Crippen MR) is 235 cm³/mol. The van der Waals surface area contributed by atoms with E-state index in [1.165, 1.54) is 32.6 Å². The summed E-state index contributed by atoms with van der Waals surface area (Å²) in [5.41, 5.74) is -0.955. The van der Waals surface area contributed by atoms with Gasteiger partial charge < -0.3 is 0 Å². The van der Waals surface area contributed by atoms with Crippen molar-refractivity contribution in [3.63, 3.8) is 0 Å². The first-order valence-electron chi connectivity index (χ1n) is 21.9. The number of benzene rings is 4. The van der Waals surface area contributed by atoms with Crippen LogP contribution in [0.1, 0.15) is 116 Å². The van der Waals surface area contributed by atoms with Crippen molar-refractivity contribution in [1.82, 2.24) is 0 Å². The molecule has 2 saturated heterocycles. The summed E-state index contributed by atoms with van der Waals surface area (Å²) >= 11 is -3.11. The number of ether oxygens (including phenoxy) is 4. The van der Waals surface area contributed by atoms with E-state index < -0.39 is 58.9 Å². The standard InChI is InChI=1S/C39H39O6.3C4H9.Sn/c1-27-26-36(2,3)35(41)45-39(30-22-14-8-15-23-30,31-24-16-9-17-25-31)33-32(42-37(4,5)43-33)38(44-34(27)40,28-18-10-6-11-19-28)29-20-12-7-13-21-29;3*1-3-4-2;/h6-25,27,32-33H,2,26H2,1,3-5H3;3*1,3-4H2,2H3;/t27?,32-,33-,36?;;;;/m1..../s1. The summed E-state index contributed by atoms with van der Waals surface area (Å²) in [6.45, 7) is 14.6. The van der Waals surface area contributed by atoms with Crippen molar-refractivity contribution in [2.24, 2.45) is 11.3 Å². The van der Waals surface area contributed by atoms with E-state index in [4.69, 9.17) is 18.9 Å². The van der Waals surface area contributed by atoms with Gasteiger partial charge in [0.25, 0.3) is 0 Å². The van der Waals surface area contributed by atoms with E-state index in [0.29, 0.717) is 6.42 Å². The van der Waals surface area contributed by atoms with Gasteiger partial charge in [-0.25, -0.2) is 0 Å². The first kappa shape index (κ1) is 44.1. The Bertz CT molecular complexity index is 1820. The van der Waals surface area contributed by atoms with Gasteiger partial charge in [0.2, 0.25) is 0 Å². The van der Waals surface area contributed by atoms with Crippen LogP contribution >= 0.6 is 0 Å². The van der Waals surface area contributed by atoms with Crippen LogP contribution in [0.15, 0.2) is 121 Å². The summed E-state index contributed by atoms with van der Waals surface area (Å²) in [6.07, 6.45) is 5.26. The van der Waals surface area contributed by atoms with Crippen LogP contribution in [0.25, 0.3) is 0 Å². The topological polar surface area (TPSA) is 71.1 Å². The quantitative estimate of drug-likeness (QED) is 0.0874. The van der Waals surface area contributed by atoms with Crippen molar-refractivity contribution < 1.29 is 28.5 Å². The number of rotatable bonds is 15. The summed E-state index contributed by atoms with van der Waals surface area (Å²) < 4.78 is 33.6. The molecule has 4 aromatic carbocycles. The molecule has 4 aromatic rings. The number of esters is 2. The van der Waals surface area contributed by atoms with E-state index in [0.717, 1.165) is 46.0 Å². The molecule has 4 atom stereocenters. The molecular weight excluding hydrogens is 827 g/mol. The molecule has 2 aliphatic heterocycles. The number of unbranched alkanes of at least 4 members (excludes halogenated alkanes) is 3. The zero-order valence-electron chi connectivity index (χ0n) is 36.0. The van der Waals surface area contributed by atoms with E-state index in [2.05, 4.69) is 27.7 Å². The molecule has 0 N–H and O–H groups in total. The Hall–Kier alpha value is -3.46. The van der Waals surface area contributed by atoms with Gasteiger partial charge in [0.1, 0.15) is 0 Å². The number of hydrogen-bond acceptors (Lipinski definition) is 6. The Labute approximate surface area is 352 Å². The van der Waals surface area contributed by atoms with Crippen LogP contribution in [-0.4, -0.2) is 48.3 Å². The molecular formula is C51H66O6Sn. The number of carbonyl (C=O) groups is 2. The Morgan fingerprint density at radius 1 is 0.552 bits per heavy atom. The molecule has 2 aliphatic rings.